The number of benzene rings is 1. The van der Waals surface area contributed by atoms with Gasteiger partial charge in [0.2, 0.25) is 0 Å². The SMILES string of the molecule is NC(=O)COC(=O)/C=C/c1ccc(OC(F)(F)F)cc1. The van der Waals surface area contributed by atoms with E-state index >= 15 is 0 Å². The van der Waals surface area contributed by atoms with Crippen LogP contribution in [0, 0.1) is 0 Å². The van der Waals surface area contributed by atoms with Gasteiger partial charge in [-0.1, -0.05) is 12.1 Å². The summed E-state index contributed by atoms with van der Waals surface area (Å²) >= 11 is 0. The van der Waals surface area contributed by atoms with Gasteiger partial charge in [0, 0.05) is 6.08 Å². The first-order valence-corrected chi connectivity index (χ1v) is 5.25. The van der Waals surface area contributed by atoms with Crippen LogP contribution >= 0.6 is 0 Å². The maximum Gasteiger partial charge on any atom is 0.573 e. The zero-order valence-corrected chi connectivity index (χ0v) is 10.0. The van der Waals surface area contributed by atoms with Gasteiger partial charge in [0.1, 0.15) is 5.75 Å². The molecule has 1 rings (SSSR count). The molecule has 1 amide bonds. The zero-order valence-electron chi connectivity index (χ0n) is 10.0. The Kier molecular flexibility index (Phi) is 5.13. The van der Waals surface area contributed by atoms with Crippen LogP contribution < -0.4 is 10.5 Å². The van der Waals surface area contributed by atoms with Crippen LogP contribution in [0.2, 0.25) is 0 Å². The van der Waals surface area contributed by atoms with Crippen LogP contribution in [0.4, 0.5) is 13.2 Å². The highest BCUT2D eigenvalue weighted by molar-refractivity contribution is 5.88. The van der Waals surface area contributed by atoms with Crippen molar-refractivity contribution in [1.29, 1.82) is 0 Å². The third-order valence-electron chi connectivity index (χ3n) is 1.88. The molecule has 0 radical (unpaired) electrons. The minimum Gasteiger partial charge on any atom is -0.452 e. The van der Waals surface area contributed by atoms with Crippen molar-refractivity contribution in [3.05, 3.63) is 35.9 Å². The molecule has 0 saturated carbocycles. The Hall–Kier alpha value is -2.51. The van der Waals surface area contributed by atoms with Crippen LogP contribution in [-0.2, 0) is 14.3 Å². The molecule has 8 heteroatoms. The Morgan fingerprint density at radius 1 is 1.20 bits per heavy atom. The van der Waals surface area contributed by atoms with E-state index < -0.39 is 24.8 Å². The highest BCUT2D eigenvalue weighted by Gasteiger charge is 2.30. The van der Waals surface area contributed by atoms with E-state index in [-0.39, 0.29) is 5.75 Å². The van der Waals surface area contributed by atoms with Gasteiger partial charge >= 0.3 is 12.3 Å². The Morgan fingerprint density at radius 3 is 2.30 bits per heavy atom. The maximum absolute atomic E-state index is 11.9. The fourth-order valence-corrected chi connectivity index (χ4v) is 1.14. The molecule has 0 atom stereocenters. The Labute approximate surface area is 111 Å². The van der Waals surface area contributed by atoms with E-state index in [0.717, 1.165) is 18.2 Å². The molecule has 1 aromatic carbocycles. The van der Waals surface area contributed by atoms with Crippen LogP contribution in [-0.4, -0.2) is 24.8 Å². The molecule has 0 fully saturated rings. The van der Waals surface area contributed by atoms with Gasteiger partial charge in [0.25, 0.3) is 5.91 Å². The molecule has 0 bridgehead atoms. The number of carbonyl (C=O) groups excluding carboxylic acids is 2. The van der Waals surface area contributed by atoms with Crippen LogP contribution in [0.1, 0.15) is 5.56 Å². The van der Waals surface area contributed by atoms with Gasteiger partial charge in [-0.3, -0.25) is 4.79 Å². The summed E-state index contributed by atoms with van der Waals surface area (Å²) in [6.45, 7) is -0.540. The first-order chi connectivity index (χ1) is 9.26. The molecule has 0 aliphatic rings. The van der Waals surface area contributed by atoms with Crippen molar-refractivity contribution in [1.82, 2.24) is 0 Å². The molecular formula is C12H10F3NO4. The number of primary amides is 1. The first kappa shape index (κ1) is 15.5. The molecule has 0 aliphatic carbocycles. The number of nitrogens with two attached hydrogens (primary N) is 1. The van der Waals surface area contributed by atoms with Crippen LogP contribution in [0.25, 0.3) is 6.08 Å². The topological polar surface area (TPSA) is 78.6 Å². The lowest BCUT2D eigenvalue weighted by Gasteiger charge is -2.08. The van der Waals surface area contributed by atoms with E-state index in [4.69, 9.17) is 5.73 Å². The number of hydrogen-bond donors (Lipinski definition) is 1. The Balaban J connectivity index is 2.57. The number of esters is 1. The minimum atomic E-state index is -4.75. The van der Waals surface area contributed by atoms with Crippen molar-refractivity contribution < 1.29 is 32.2 Å². The summed E-state index contributed by atoms with van der Waals surface area (Å²) in [7, 11) is 0. The van der Waals surface area contributed by atoms with E-state index in [9.17, 15) is 22.8 Å². The number of alkyl halides is 3. The lowest BCUT2D eigenvalue weighted by Crippen LogP contribution is -2.19. The number of hydrogen-bond acceptors (Lipinski definition) is 4. The van der Waals surface area contributed by atoms with Gasteiger partial charge < -0.3 is 15.2 Å². The first-order valence-electron chi connectivity index (χ1n) is 5.25. The third-order valence-corrected chi connectivity index (χ3v) is 1.88. The van der Waals surface area contributed by atoms with E-state index in [2.05, 4.69) is 9.47 Å². The van der Waals surface area contributed by atoms with Crippen molar-refractivity contribution in [2.45, 2.75) is 6.36 Å². The second-order valence-electron chi connectivity index (χ2n) is 3.52. The van der Waals surface area contributed by atoms with Gasteiger partial charge in [0.15, 0.2) is 6.61 Å². The van der Waals surface area contributed by atoms with Crippen LogP contribution in [0.5, 0.6) is 5.75 Å². The van der Waals surface area contributed by atoms with Crippen molar-refractivity contribution in [3.63, 3.8) is 0 Å². The molecule has 108 valence electrons. The smallest absolute Gasteiger partial charge is 0.452 e. The molecule has 5 nitrogen and oxygen atoms in total. The summed E-state index contributed by atoms with van der Waals surface area (Å²) in [4.78, 5) is 21.4. The van der Waals surface area contributed by atoms with Gasteiger partial charge in [-0.2, -0.15) is 0 Å². The number of amides is 1. The molecule has 0 aromatic heterocycles. The summed E-state index contributed by atoms with van der Waals surface area (Å²) in [6.07, 6.45) is -2.43. The highest BCUT2D eigenvalue weighted by Crippen LogP contribution is 2.22. The monoisotopic (exact) mass is 289 g/mol. The van der Waals surface area contributed by atoms with E-state index in [1.54, 1.807) is 0 Å². The molecule has 20 heavy (non-hydrogen) atoms. The van der Waals surface area contributed by atoms with Gasteiger partial charge in [-0.25, -0.2) is 4.79 Å². The van der Waals surface area contributed by atoms with Gasteiger partial charge in [-0.15, -0.1) is 13.2 Å². The predicted octanol–water partition coefficient (Wildman–Crippen LogP) is 1.63. The molecule has 0 saturated heterocycles. The number of halogens is 3. The van der Waals surface area contributed by atoms with Crippen molar-refractivity contribution in [2.75, 3.05) is 6.61 Å². The van der Waals surface area contributed by atoms with Crippen molar-refractivity contribution in [2.24, 2.45) is 5.73 Å². The summed E-state index contributed by atoms with van der Waals surface area (Å²) < 4.78 is 43.9. The molecule has 0 aliphatic heterocycles. The van der Waals surface area contributed by atoms with Crippen molar-refractivity contribution >= 4 is 18.0 Å². The number of carbonyl (C=O) groups is 2. The summed E-state index contributed by atoms with van der Waals surface area (Å²) in [6, 6.07) is 4.84. The lowest BCUT2D eigenvalue weighted by molar-refractivity contribution is -0.274. The second kappa shape index (κ2) is 6.60. The van der Waals surface area contributed by atoms with E-state index in [1.165, 1.54) is 18.2 Å². The molecular weight excluding hydrogens is 279 g/mol. The summed E-state index contributed by atoms with van der Waals surface area (Å²) in [5.74, 6) is -1.95. The number of rotatable bonds is 5. The molecule has 0 spiro atoms. The number of ether oxygens (including phenoxy) is 2. The fraction of sp³-hybridized carbons (Fsp3) is 0.167. The summed E-state index contributed by atoms with van der Waals surface area (Å²) in [5, 5.41) is 0. The minimum absolute atomic E-state index is 0.369. The zero-order chi connectivity index (χ0) is 15.2. The predicted molar refractivity (Wildman–Crippen MR) is 62.3 cm³/mol. The largest absolute Gasteiger partial charge is 0.573 e. The average Bonchev–Trinajstić information content (AvgIpc) is 2.33. The molecule has 1 aromatic rings. The lowest BCUT2D eigenvalue weighted by atomic mass is 10.2. The molecule has 0 heterocycles. The van der Waals surface area contributed by atoms with E-state index in [1.807, 2.05) is 0 Å². The van der Waals surface area contributed by atoms with Crippen molar-refractivity contribution in [3.8, 4) is 5.75 Å². The highest BCUT2D eigenvalue weighted by atomic mass is 19.4. The van der Waals surface area contributed by atoms with Gasteiger partial charge in [-0.05, 0) is 23.8 Å². The maximum atomic E-state index is 11.9. The summed E-state index contributed by atoms with van der Waals surface area (Å²) in [5.41, 5.74) is 5.22. The quantitative estimate of drug-likeness (QED) is 0.660. The fourth-order valence-electron chi connectivity index (χ4n) is 1.14. The van der Waals surface area contributed by atoms with E-state index in [0.29, 0.717) is 5.56 Å². The normalized spacial score (nSPS) is 11.3. The Morgan fingerprint density at radius 2 is 1.80 bits per heavy atom. The Bertz CT molecular complexity index is 508. The van der Waals surface area contributed by atoms with Crippen LogP contribution in [0.3, 0.4) is 0 Å². The molecule has 0 unspecified atom stereocenters. The second-order valence-corrected chi connectivity index (χ2v) is 3.52. The van der Waals surface area contributed by atoms with Crippen LogP contribution in [0.15, 0.2) is 30.3 Å². The third kappa shape index (κ3) is 6.43. The molecule has 2 N–H and O–H groups in total. The average molecular weight is 289 g/mol. The van der Waals surface area contributed by atoms with Gasteiger partial charge in [0.05, 0.1) is 0 Å². The standard InChI is InChI=1S/C12H10F3NO4/c13-12(14,15)20-9-4-1-8(2-5-9)3-6-11(18)19-7-10(16)17/h1-6H,7H2,(H2,16,17)/b6-3+.